The Balaban J connectivity index is 1.60. The monoisotopic (exact) mass is 289 g/mol. The Hall–Kier alpha value is -1.46. The van der Waals surface area contributed by atoms with Gasteiger partial charge < -0.3 is 10.6 Å². The molecular weight excluding hydrogens is 270 g/mol. The summed E-state index contributed by atoms with van der Waals surface area (Å²) < 4.78 is 1.21. The minimum Gasteiger partial charge on any atom is -0.352 e. The van der Waals surface area contributed by atoms with Gasteiger partial charge in [-0.2, -0.15) is 0 Å². The van der Waals surface area contributed by atoms with Gasteiger partial charge in [-0.3, -0.25) is 4.79 Å². The molecule has 1 amide bonds. The summed E-state index contributed by atoms with van der Waals surface area (Å²) in [6.45, 7) is 2.99. The molecule has 1 aliphatic heterocycles. The first-order chi connectivity index (χ1) is 9.72. The molecule has 1 aromatic carbocycles. The molecule has 3 rings (SSSR count). The molecule has 2 atom stereocenters. The number of thiazole rings is 1. The predicted octanol–water partition coefficient (Wildman–Crippen LogP) is 2.10. The summed E-state index contributed by atoms with van der Waals surface area (Å²) in [5.74, 6) is 0.121. The molecule has 0 aliphatic carbocycles. The van der Waals surface area contributed by atoms with Crippen molar-refractivity contribution in [3.05, 3.63) is 29.3 Å². The number of benzene rings is 1. The third kappa shape index (κ3) is 2.99. The largest absolute Gasteiger partial charge is 0.352 e. The minimum absolute atomic E-state index is 0.00665. The minimum atomic E-state index is -0.00665. The van der Waals surface area contributed by atoms with Crippen molar-refractivity contribution in [2.45, 2.75) is 38.3 Å². The van der Waals surface area contributed by atoms with Crippen LogP contribution in [0.5, 0.6) is 0 Å². The number of fused-ring (bicyclic) bond motifs is 1. The summed E-state index contributed by atoms with van der Waals surface area (Å²) in [7, 11) is 0. The number of amides is 1. The Labute approximate surface area is 122 Å². The van der Waals surface area contributed by atoms with E-state index >= 15 is 0 Å². The summed E-state index contributed by atoms with van der Waals surface area (Å²) >= 11 is 1.71. The van der Waals surface area contributed by atoms with E-state index < -0.39 is 0 Å². The summed E-state index contributed by atoms with van der Waals surface area (Å²) in [6, 6.07) is 8.26. The number of nitrogens with zero attached hydrogens (tertiary/aromatic N) is 1. The molecule has 4 nitrogen and oxygen atoms in total. The van der Waals surface area contributed by atoms with Gasteiger partial charge in [0.25, 0.3) is 0 Å². The quantitative estimate of drug-likeness (QED) is 0.906. The van der Waals surface area contributed by atoms with Gasteiger partial charge in [0.05, 0.1) is 21.3 Å². The summed E-state index contributed by atoms with van der Waals surface area (Å²) in [6.07, 6.45) is 2.82. The average molecular weight is 289 g/mol. The second-order valence-electron chi connectivity index (χ2n) is 5.34. The maximum absolute atomic E-state index is 12.0. The van der Waals surface area contributed by atoms with Crippen molar-refractivity contribution in [2.24, 2.45) is 0 Å². The van der Waals surface area contributed by atoms with E-state index in [-0.39, 0.29) is 18.0 Å². The number of para-hydroxylation sites is 1. The fraction of sp³-hybridized carbons (Fsp3) is 0.467. The van der Waals surface area contributed by atoms with Gasteiger partial charge in [0.15, 0.2) is 0 Å². The van der Waals surface area contributed by atoms with E-state index in [1.807, 2.05) is 25.1 Å². The lowest BCUT2D eigenvalue weighted by Gasteiger charge is -2.16. The molecule has 0 saturated carbocycles. The normalized spacial score (nSPS) is 20.1. The predicted molar refractivity (Wildman–Crippen MR) is 82.0 cm³/mol. The number of hydrogen-bond acceptors (Lipinski definition) is 4. The zero-order valence-electron chi connectivity index (χ0n) is 11.6. The summed E-state index contributed by atoms with van der Waals surface area (Å²) in [5.41, 5.74) is 1.04. The van der Waals surface area contributed by atoms with E-state index in [2.05, 4.69) is 21.7 Å². The van der Waals surface area contributed by atoms with Crippen molar-refractivity contribution in [2.75, 3.05) is 6.54 Å². The number of carbonyl (C=O) groups excluding carboxylic acids is 1. The van der Waals surface area contributed by atoms with Crippen molar-refractivity contribution in [3.8, 4) is 0 Å². The van der Waals surface area contributed by atoms with Gasteiger partial charge in [-0.1, -0.05) is 12.1 Å². The zero-order chi connectivity index (χ0) is 13.9. The van der Waals surface area contributed by atoms with Crippen LogP contribution in [0.25, 0.3) is 10.2 Å². The fourth-order valence-corrected chi connectivity index (χ4v) is 3.67. The highest BCUT2D eigenvalue weighted by Crippen LogP contribution is 2.22. The van der Waals surface area contributed by atoms with Gasteiger partial charge in [-0.25, -0.2) is 4.98 Å². The van der Waals surface area contributed by atoms with Crippen molar-refractivity contribution >= 4 is 27.5 Å². The van der Waals surface area contributed by atoms with Crippen LogP contribution >= 0.6 is 11.3 Å². The lowest BCUT2D eigenvalue weighted by Crippen LogP contribution is -2.44. The molecule has 2 aromatic rings. The first-order valence-corrected chi connectivity index (χ1v) is 7.92. The first kappa shape index (κ1) is 13.5. The van der Waals surface area contributed by atoms with E-state index in [0.29, 0.717) is 0 Å². The summed E-state index contributed by atoms with van der Waals surface area (Å²) in [5, 5.41) is 7.38. The molecule has 0 bridgehead atoms. The number of nitrogens with one attached hydrogen (secondary N) is 2. The molecule has 1 fully saturated rings. The maximum Gasteiger partial charge on any atom is 0.237 e. The van der Waals surface area contributed by atoms with Gasteiger partial charge in [-0.05, 0) is 38.4 Å². The number of carbonyl (C=O) groups is 1. The lowest BCUT2D eigenvalue weighted by molar-refractivity contribution is -0.123. The van der Waals surface area contributed by atoms with Gasteiger partial charge in [-0.15, -0.1) is 11.3 Å². The zero-order valence-corrected chi connectivity index (χ0v) is 12.4. The van der Waals surface area contributed by atoms with E-state index in [4.69, 9.17) is 0 Å². The Morgan fingerprint density at radius 2 is 2.40 bits per heavy atom. The van der Waals surface area contributed by atoms with E-state index in [1.54, 1.807) is 11.3 Å². The molecule has 5 heteroatoms. The van der Waals surface area contributed by atoms with Crippen molar-refractivity contribution in [1.82, 2.24) is 15.6 Å². The van der Waals surface area contributed by atoms with Crippen LogP contribution in [0.2, 0.25) is 0 Å². The summed E-state index contributed by atoms with van der Waals surface area (Å²) in [4.78, 5) is 16.6. The SMILES string of the molecule is CC(Cc1nc2ccccc2s1)NC(=O)C1CCCN1. The van der Waals surface area contributed by atoms with Crippen LogP contribution in [0, 0.1) is 0 Å². The Kier molecular flexibility index (Phi) is 3.98. The van der Waals surface area contributed by atoms with Crippen LogP contribution in [0.15, 0.2) is 24.3 Å². The van der Waals surface area contributed by atoms with E-state index in [0.717, 1.165) is 36.3 Å². The van der Waals surface area contributed by atoms with Gasteiger partial charge in [0.1, 0.15) is 0 Å². The highest BCUT2D eigenvalue weighted by atomic mass is 32.1. The van der Waals surface area contributed by atoms with Gasteiger partial charge >= 0.3 is 0 Å². The van der Waals surface area contributed by atoms with Crippen LogP contribution in [0.4, 0.5) is 0 Å². The molecular formula is C15H19N3OS. The molecule has 2 N–H and O–H groups in total. The highest BCUT2D eigenvalue weighted by molar-refractivity contribution is 7.18. The standard InChI is InChI=1S/C15H19N3OS/c1-10(17-15(19)12-6-4-8-16-12)9-14-18-11-5-2-3-7-13(11)20-14/h2-3,5,7,10,12,16H,4,6,8-9H2,1H3,(H,17,19). The topological polar surface area (TPSA) is 54.0 Å². The fourth-order valence-electron chi connectivity index (χ4n) is 2.57. The number of hydrogen-bond donors (Lipinski definition) is 2. The van der Waals surface area contributed by atoms with Crippen LogP contribution < -0.4 is 10.6 Å². The van der Waals surface area contributed by atoms with Gasteiger partial charge in [0, 0.05) is 12.5 Å². The molecule has 1 aliphatic rings. The molecule has 20 heavy (non-hydrogen) atoms. The lowest BCUT2D eigenvalue weighted by atomic mass is 10.2. The molecule has 106 valence electrons. The van der Waals surface area contributed by atoms with Crippen LogP contribution in [-0.2, 0) is 11.2 Å². The molecule has 0 radical (unpaired) electrons. The molecule has 1 saturated heterocycles. The third-order valence-corrected chi connectivity index (χ3v) is 4.64. The smallest absolute Gasteiger partial charge is 0.237 e. The van der Waals surface area contributed by atoms with E-state index in [9.17, 15) is 4.79 Å². The second-order valence-corrected chi connectivity index (χ2v) is 6.45. The molecule has 2 heterocycles. The Morgan fingerprint density at radius 1 is 1.55 bits per heavy atom. The Morgan fingerprint density at radius 3 is 3.15 bits per heavy atom. The Bertz CT molecular complexity index is 571. The molecule has 2 unspecified atom stereocenters. The number of rotatable bonds is 4. The van der Waals surface area contributed by atoms with Crippen LogP contribution in [0.3, 0.4) is 0 Å². The van der Waals surface area contributed by atoms with Crippen molar-refractivity contribution in [1.29, 1.82) is 0 Å². The second kappa shape index (κ2) is 5.89. The van der Waals surface area contributed by atoms with E-state index in [1.165, 1.54) is 4.70 Å². The molecule has 1 aromatic heterocycles. The maximum atomic E-state index is 12.0. The van der Waals surface area contributed by atoms with Crippen LogP contribution in [-0.4, -0.2) is 29.5 Å². The van der Waals surface area contributed by atoms with Gasteiger partial charge in [0.2, 0.25) is 5.91 Å². The average Bonchev–Trinajstić information content (AvgIpc) is 3.07. The third-order valence-electron chi connectivity index (χ3n) is 3.58. The number of aromatic nitrogens is 1. The highest BCUT2D eigenvalue weighted by Gasteiger charge is 2.23. The van der Waals surface area contributed by atoms with Crippen molar-refractivity contribution < 1.29 is 4.79 Å². The van der Waals surface area contributed by atoms with Crippen LogP contribution in [0.1, 0.15) is 24.8 Å². The van der Waals surface area contributed by atoms with Crippen molar-refractivity contribution in [3.63, 3.8) is 0 Å². The first-order valence-electron chi connectivity index (χ1n) is 7.10. The molecule has 0 spiro atoms.